The van der Waals surface area contributed by atoms with Gasteiger partial charge < -0.3 is 14.5 Å². The molecule has 1 aromatic carbocycles. The molecule has 2 heterocycles. The second-order valence-electron chi connectivity index (χ2n) is 5.75. The Labute approximate surface area is 145 Å². The number of furan rings is 1. The first kappa shape index (κ1) is 16.7. The SMILES string of the molecule is COc1ccc(C)cc1/C=C/C(=O)Nc1ncnc2oc(C)c(C)c12. The summed E-state index contributed by atoms with van der Waals surface area (Å²) >= 11 is 0. The molecule has 0 atom stereocenters. The zero-order valence-corrected chi connectivity index (χ0v) is 14.6. The molecule has 0 radical (unpaired) electrons. The molecule has 2 aromatic heterocycles. The Morgan fingerprint density at radius 3 is 2.80 bits per heavy atom. The van der Waals surface area contributed by atoms with Gasteiger partial charge in [0, 0.05) is 17.2 Å². The van der Waals surface area contributed by atoms with Crippen LogP contribution in [0.4, 0.5) is 5.82 Å². The fourth-order valence-corrected chi connectivity index (χ4v) is 2.59. The van der Waals surface area contributed by atoms with Crippen molar-refractivity contribution in [3.63, 3.8) is 0 Å². The molecule has 6 heteroatoms. The number of fused-ring (bicyclic) bond motifs is 1. The number of amides is 1. The lowest BCUT2D eigenvalue weighted by Crippen LogP contribution is -2.10. The molecule has 0 saturated carbocycles. The van der Waals surface area contributed by atoms with Crippen molar-refractivity contribution in [2.45, 2.75) is 20.8 Å². The second-order valence-corrected chi connectivity index (χ2v) is 5.75. The number of carbonyl (C=O) groups is 1. The third-order valence-electron chi connectivity index (χ3n) is 4.01. The summed E-state index contributed by atoms with van der Waals surface area (Å²) in [6, 6.07) is 5.78. The van der Waals surface area contributed by atoms with Gasteiger partial charge in [-0.2, -0.15) is 0 Å². The molecule has 1 N–H and O–H groups in total. The van der Waals surface area contributed by atoms with Crippen LogP contribution >= 0.6 is 0 Å². The van der Waals surface area contributed by atoms with Crippen molar-refractivity contribution < 1.29 is 13.9 Å². The molecule has 3 rings (SSSR count). The van der Waals surface area contributed by atoms with Crippen molar-refractivity contribution in [3.05, 3.63) is 53.1 Å². The van der Waals surface area contributed by atoms with E-state index in [0.717, 1.165) is 27.8 Å². The maximum Gasteiger partial charge on any atom is 0.249 e. The van der Waals surface area contributed by atoms with Crippen LogP contribution in [0, 0.1) is 20.8 Å². The van der Waals surface area contributed by atoms with Gasteiger partial charge in [0.05, 0.1) is 12.5 Å². The highest BCUT2D eigenvalue weighted by Crippen LogP contribution is 2.28. The van der Waals surface area contributed by atoms with E-state index < -0.39 is 0 Å². The summed E-state index contributed by atoms with van der Waals surface area (Å²) in [4.78, 5) is 20.6. The largest absolute Gasteiger partial charge is 0.496 e. The van der Waals surface area contributed by atoms with Gasteiger partial charge in [-0.1, -0.05) is 11.6 Å². The van der Waals surface area contributed by atoms with Crippen LogP contribution in [-0.4, -0.2) is 23.0 Å². The van der Waals surface area contributed by atoms with Gasteiger partial charge in [-0.3, -0.25) is 4.79 Å². The minimum absolute atomic E-state index is 0.290. The molecule has 6 nitrogen and oxygen atoms in total. The molecule has 0 saturated heterocycles. The van der Waals surface area contributed by atoms with Crippen molar-refractivity contribution in [2.24, 2.45) is 0 Å². The van der Waals surface area contributed by atoms with Crippen LogP contribution in [0.25, 0.3) is 17.2 Å². The molecule has 0 unspecified atom stereocenters. The summed E-state index contributed by atoms with van der Waals surface area (Å²) in [7, 11) is 1.60. The summed E-state index contributed by atoms with van der Waals surface area (Å²) in [6.07, 6.45) is 4.54. The maximum absolute atomic E-state index is 12.3. The number of nitrogens with one attached hydrogen (secondary N) is 1. The minimum atomic E-state index is -0.290. The van der Waals surface area contributed by atoms with Crippen LogP contribution in [0.15, 0.2) is 35.0 Å². The minimum Gasteiger partial charge on any atom is -0.496 e. The number of aromatic nitrogens is 2. The fourth-order valence-electron chi connectivity index (χ4n) is 2.59. The van der Waals surface area contributed by atoms with Gasteiger partial charge in [0.1, 0.15) is 23.7 Å². The van der Waals surface area contributed by atoms with E-state index in [4.69, 9.17) is 9.15 Å². The first-order chi connectivity index (χ1) is 12.0. The maximum atomic E-state index is 12.3. The summed E-state index contributed by atoms with van der Waals surface area (Å²) in [5.74, 6) is 1.61. The molecule has 128 valence electrons. The molecule has 0 spiro atoms. The number of rotatable bonds is 4. The van der Waals surface area contributed by atoms with Crippen LogP contribution in [0.3, 0.4) is 0 Å². The van der Waals surface area contributed by atoms with E-state index in [1.807, 2.05) is 39.0 Å². The van der Waals surface area contributed by atoms with Crippen molar-refractivity contribution in [1.82, 2.24) is 9.97 Å². The monoisotopic (exact) mass is 337 g/mol. The molecule has 0 aliphatic carbocycles. The third kappa shape index (κ3) is 3.38. The number of nitrogens with zero attached hydrogens (tertiary/aromatic N) is 2. The quantitative estimate of drug-likeness (QED) is 0.733. The molecule has 1 amide bonds. The lowest BCUT2D eigenvalue weighted by Gasteiger charge is -2.06. The number of ether oxygens (including phenoxy) is 1. The molecular weight excluding hydrogens is 318 g/mol. The molecule has 0 fully saturated rings. The topological polar surface area (TPSA) is 77.2 Å². The predicted molar refractivity (Wildman–Crippen MR) is 96.7 cm³/mol. The van der Waals surface area contributed by atoms with E-state index in [1.165, 1.54) is 12.4 Å². The van der Waals surface area contributed by atoms with Crippen LogP contribution in [-0.2, 0) is 4.79 Å². The van der Waals surface area contributed by atoms with Crippen LogP contribution in [0.2, 0.25) is 0 Å². The molecule has 25 heavy (non-hydrogen) atoms. The van der Waals surface area contributed by atoms with Crippen LogP contribution < -0.4 is 10.1 Å². The molecule has 0 aliphatic rings. The molecular formula is C19H19N3O3. The van der Waals surface area contributed by atoms with Gasteiger partial charge in [0.2, 0.25) is 11.6 Å². The Balaban J connectivity index is 1.85. The first-order valence-electron chi connectivity index (χ1n) is 7.84. The zero-order valence-electron chi connectivity index (χ0n) is 14.6. The predicted octanol–water partition coefficient (Wildman–Crippen LogP) is 3.81. The van der Waals surface area contributed by atoms with E-state index >= 15 is 0 Å². The van der Waals surface area contributed by atoms with Crippen LogP contribution in [0.1, 0.15) is 22.5 Å². The summed E-state index contributed by atoms with van der Waals surface area (Å²) in [5.41, 5.74) is 3.29. The Bertz CT molecular complexity index is 973. The van der Waals surface area contributed by atoms with E-state index in [2.05, 4.69) is 15.3 Å². The Hall–Kier alpha value is -3.15. The molecule has 0 bridgehead atoms. The van der Waals surface area contributed by atoms with Crippen molar-refractivity contribution >= 4 is 28.9 Å². The normalized spacial score (nSPS) is 11.2. The smallest absolute Gasteiger partial charge is 0.249 e. The van der Waals surface area contributed by atoms with Crippen molar-refractivity contribution in [3.8, 4) is 5.75 Å². The number of anilines is 1. The first-order valence-corrected chi connectivity index (χ1v) is 7.84. The lowest BCUT2D eigenvalue weighted by atomic mass is 10.1. The number of methoxy groups -OCH3 is 1. The highest BCUT2D eigenvalue weighted by molar-refractivity contribution is 6.06. The van der Waals surface area contributed by atoms with Gasteiger partial charge in [-0.25, -0.2) is 9.97 Å². The average Bonchev–Trinajstić information content (AvgIpc) is 2.88. The lowest BCUT2D eigenvalue weighted by molar-refractivity contribution is -0.111. The number of aryl methyl sites for hydroxylation is 3. The van der Waals surface area contributed by atoms with Crippen molar-refractivity contribution in [2.75, 3.05) is 12.4 Å². The second kappa shape index (κ2) is 6.76. The van der Waals surface area contributed by atoms with Crippen LogP contribution in [0.5, 0.6) is 5.75 Å². The summed E-state index contributed by atoms with van der Waals surface area (Å²) in [5, 5.41) is 3.50. The van der Waals surface area contributed by atoms with E-state index in [9.17, 15) is 4.79 Å². The number of benzene rings is 1. The van der Waals surface area contributed by atoms with E-state index in [-0.39, 0.29) is 5.91 Å². The van der Waals surface area contributed by atoms with E-state index in [1.54, 1.807) is 13.2 Å². The Morgan fingerprint density at radius 1 is 1.24 bits per heavy atom. The van der Waals surface area contributed by atoms with Gasteiger partial charge in [0.15, 0.2) is 0 Å². The van der Waals surface area contributed by atoms with E-state index in [0.29, 0.717) is 17.3 Å². The van der Waals surface area contributed by atoms with Gasteiger partial charge in [-0.15, -0.1) is 0 Å². The summed E-state index contributed by atoms with van der Waals surface area (Å²) in [6.45, 7) is 5.75. The van der Waals surface area contributed by atoms with Crippen molar-refractivity contribution in [1.29, 1.82) is 0 Å². The Morgan fingerprint density at radius 2 is 2.04 bits per heavy atom. The average molecular weight is 337 g/mol. The van der Waals surface area contributed by atoms with Gasteiger partial charge in [0.25, 0.3) is 0 Å². The summed E-state index contributed by atoms with van der Waals surface area (Å²) < 4.78 is 10.9. The standard InChI is InChI=1S/C19H19N3O3/c1-11-5-7-15(24-4)14(9-11)6-8-16(23)22-18-17-12(2)13(3)25-19(17)21-10-20-18/h5-10H,1-4H3,(H,20,21,22,23)/b8-6+. The zero-order chi connectivity index (χ0) is 18.0. The highest BCUT2D eigenvalue weighted by Gasteiger charge is 2.14. The fraction of sp³-hybridized carbons (Fsp3) is 0.211. The third-order valence-corrected chi connectivity index (χ3v) is 4.01. The van der Waals surface area contributed by atoms with Gasteiger partial charge >= 0.3 is 0 Å². The molecule has 3 aromatic rings. The number of hydrogen-bond donors (Lipinski definition) is 1. The number of hydrogen-bond acceptors (Lipinski definition) is 5. The Kier molecular flexibility index (Phi) is 4.52. The number of carbonyl (C=O) groups excluding carboxylic acids is 1. The highest BCUT2D eigenvalue weighted by atomic mass is 16.5. The van der Waals surface area contributed by atoms with Gasteiger partial charge in [-0.05, 0) is 39.0 Å². The molecule has 0 aliphatic heterocycles.